The van der Waals surface area contributed by atoms with Crippen LogP contribution in [0, 0.1) is 17.6 Å². The Morgan fingerprint density at radius 1 is 0.920 bits per heavy atom. The average Bonchev–Trinajstić information content (AvgIpc) is 2.49. The van der Waals surface area contributed by atoms with Gasteiger partial charge in [-0.1, -0.05) is 62.3 Å². The molecule has 0 aliphatic carbocycles. The van der Waals surface area contributed by atoms with Crippen molar-refractivity contribution in [3.8, 4) is 0 Å². The van der Waals surface area contributed by atoms with Crippen LogP contribution < -0.4 is 0 Å². The minimum Gasteiger partial charge on any atom is -0.203 e. The molecule has 0 aliphatic heterocycles. The molecule has 138 valence electrons. The van der Waals surface area contributed by atoms with Crippen LogP contribution in [-0.4, -0.2) is 0 Å². The fourth-order valence-electron chi connectivity index (χ4n) is 3.26. The van der Waals surface area contributed by atoms with Gasteiger partial charge in [0.05, 0.1) is 0 Å². The lowest BCUT2D eigenvalue weighted by molar-refractivity contribution is 0.482. The summed E-state index contributed by atoms with van der Waals surface area (Å²) in [5.74, 6) is -0.789. The summed E-state index contributed by atoms with van der Waals surface area (Å²) in [6.45, 7) is 18.1. The summed E-state index contributed by atoms with van der Waals surface area (Å²) < 4.78 is 28.7. The van der Waals surface area contributed by atoms with Crippen molar-refractivity contribution in [2.24, 2.45) is 5.92 Å². The van der Waals surface area contributed by atoms with Crippen LogP contribution in [0.2, 0.25) is 0 Å². The zero-order chi connectivity index (χ0) is 19.1. The van der Waals surface area contributed by atoms with Crippen LogP contribution in [0.1, 0.15) is 65.0 Å². The quantitative estimate of drug-likeness (QED) is 0.410. The topological polar surface area (TPSA) is 0 Å². The molecular weight excluding hydrogens is 314 g/mol. The molecule has 0 heterocycles. The molecule has 0 amide bonds. The van der Waals surface area contributed by atoms with Gasteiger partial charge in [0.15, 0.2) is 11.6 Å². The van der Waals surface area contributed by atoms with Crippen LogP contribution in [0.3, 0.4) is 0 Å². The number of rotatable bonds is 9. The fraction of sp³-hybridized carbons (Fsp3) is 0.478. The maximum atomic E-state index is 14.4. The van der Waals surface area contributed by atoms with Crippen LogP contribution in [-0.2, 0) is 12.8 Å². The van der Waals surface area contributed by atoms with Crippen molar-refractivity contribution in [3.05, 3.63) is 70.3 Å². The van der Waals surface area contributed by atoms with Gasteiger partial charge in [0.1, 0.15) is 0 Å². The Hall–Kier alpha value is -1.70. The van der Waals surface area contributed by atoms with Crippen molar-refractivity contribution < 1.29 is 8.78 Å². The summed E-state index contributed by atoms with van der Waals surface area (Å²) in [5.41, 5.74) is 4.99. The molecular formula is C23H32F2. The Balaban J connectivity index is 2.87. The highest BCUT2D eigenvalue weighted by Gasteiger charge is 2.14. The maximum absolute atomic E-state index is 14.4. The number of aryl methyl sites for hydroxylation is 2. The number of benzene rings is 1. The minimum absolute atomic E-state index is 0.437. The summed E-state index contributed by atoms with van der Waals surface area (Å²) in [6.07, 6.45) is 3.64. The van der Waals surface area contributed by atoms with E-state index < -0.39 is 11.6 Å². The van der Waals surface area contributed by atoms with E-state index in [-0.39, 0.29) is 0 Å². The highest BCUT2D eigenvalue weighted by atomic mass is 19.2. The van der Waals surface area contributed by atoms with Crippen molar-refractivity contribution >= 4 is 0 Å². The zero-order valence-electron chi connectivity index (χ0n) is 16.4. The molecule has 0 saturated heterocycles. The van der Waals surface area contributed by atoms with Gasteiger partial charge in [-0.15, -0.1) is 0 Å². The molecule has 1 rings (SSSR count). The lowest BCUT2D eigenvalue weighted by Gasteiger charge is -2.13. The van der Waals surface area contributed by atoms with Crippen LogP contribution in [0.4, 0.5) is 8.78 Å². The van der Waals surface area contributed by atoms with Gasteiger partial charge in [-0.3, -0.25) is 0 Å². The summed E-state index contributed by atoms with van der Waals surface area (Å²) in [4.78, 5) is 0. The van der Waals surface area contributed by atoms with Gasteiger partial charge < -0.3 is 0 Å². The van der Waals surface area contributed by atoms with Crippen LogP contribution in [0.15, 0.2) is 47.6 Å². The monoisotopic (exact) mass is 346 g/mol. The van der Waals surface area contributed by atoms with E-state index in [1.165, 1.54) is 0 Å². The van der Waals surface area contributed by atoms with E-state index in [4.69, 9.17) is 0 Å². The third kappa shape index (κ3) is 6.26. The van der Waals surface area contributed by atoms with E-state index in [2.05, 4.69) is 27.0 Å². The first-order valence-corrected chi connectivity index (χ1v) is 9.12. The highest BCUT2D eigenvalue weighted by molar-refractivity contribution is 5.45. The van der Waals surface area contributed by atoms with Gasteiger partial charge >= 0.3 is 0 Å². The van der Waals surface area contributed by atoms with Crippen LogP contribution >= 0.6 is 0 Å². The molecule has 0 atom stereocenters. The number of allylic oxidation sites excluding steroid dienone is 4. The summed E-state index contributed by atoms with van der Waals surface area (Å²) >= 11 is 0. The number of hydrogen-bond acceptors (Lipinski definition) is 0. The third-order valence-corrected chi connectivity index (χ3v) is 4.52. The second-order valence-electron chi connectivity index (χ2n) is 7.51. The summed E-state index contributed by atoms with van der Waals surface area (Å²) in [5, 5.41) is 0. The first-order chi connectivity index (χ1) is 11.6. The van der Waals surface area contributed by atoms with E-state index in [1.54, 1.807) is 12.1 Å². The standard InChI is InChI=1S/C23H32F2/c1-15(2)9-8-10-19-13-14-20(23(25)22(19)24)12-11-18(7)21(16(3)4)17(5)6/h13-15H,3,5,8-12H2,1-2,4,6-7H3. The van der Waals surface area contributed by atoms with Gasteiger partial charge in [0, 0.05) is 0 Å². The molecule has 0 aromatic heterocycles. The van der Waals surface area contributed by atoms with Gasteiger partial charge in [0.25, 0.3) is 0 Å². The molecule has 0 fully saturated rings. The van der Waals surface area contributed by atoms with E-state index in [9.17, 15) is 8.78 Å². The summed E-state index contributed by atoms with van der Waals surface area (Å²) in [6, 6.07) is 3.48. The second-order valence-corrected chi connectivity index (χ2v) is 7.51. The molecule has 25 heavy (non-hydrogen) atoms. The lowest BCUT2D eigenvalue weighted by Crippen LogP contribution is -2.02. The average molecular weight is 347 g/mol. The Bertz CT molecular complexity index is 647. The smallest absolute Gasteiger partial charge is 0.162 e. The molecule has 1 aromatic rings. The van der Waals surface area contributed by atoms with Crippen molar-refractivity contribution in [2.45, 2.75) is 66.7 Å². The lowest BCUT2D eigenvalue weighted by atomic mass is 9.93. The molecule has 1 aromatic carbocycles. The van der Waals surface area contributed by atoms with Crippen molar-refractivity contribution in [3.63, 3.8) is 0 Å². The van der Waals surface area contributed by atoms with Gasteiger partial charge in [-0.25, -0.2) is 8.78 Å². The molecule has 0 bridgehead atoms. The molecule has 0 N–H and O–H groups in total. The van der Waals surface area contributed by atoms with Crippen LogP contribution in [0.5, 0.6) is 0 Å². The molecule has 0 nitrogen and oxygen atoms in total. The normalized spacial score (nSPS) is 10.9. The van der Waals surface area contributed by atoms with Crippen molar-refractivity contribution in [1.82, 2.24) is 0 Å². The van der Waals surface area contributed by atoms with E-state index in [1.807, 2.05) is 20.8 Å². The first kappa shape index (κ1) is 21.3. The molecule has 0 spiro atoms. The SMILES string of the molecule is C=C(C)C(C(=C)C)=C(C)CCc1ccc(CCCC(C)C)c(F)c1F. The predicted octanol–water partition coefficient (Wildman–Crippen LogP) is 7.34. The minimum atomic E-state index is -0.693. The molecule has 0 aliphatic rings. The Morgan fingerprint density at radius 2 is 1.40 bits per heavy atom. The first-order valence-electron chi connectivity index (χ1n) is 9.12. The molecule has 0 unspecified atom stereocenters. The van der Waals surface area contributed by atoms with Crippen molar-refractivity contribution in [1.29, 1.82) is 0 Å². The molecule has 0 radical (unpaired) electrons. The van der Waals surface area contributed by atoms with Gasteiger partial charge in [-0.2, -0.15) is 0 Å². The van der Waals surface area contributed by atoms with E-state index >= 15 is 0 Å². The van der Waals surface area contributed by atoms with Gasteiger partial charge in [0.2, 0.25) is 0 Å². The van der Waals surface area contributed by atoms with E-state index in [0.29, 0.717) is 36.3 Å². The highest BCUT2D eigenvalue weighted by Crippen LogP contribution is 2.25. The molecule has 0 saturated carbocycles. The second kappa shape index (κ2) is 9.70. The predicted molar refractivity (Wildman–Crippen MR) is 105 cm³/mol. The van der Waals surface area contributed by atoms with Gasteiger partial charge in [-0.05, 0) is 69.1 Å². The Labute approximate surface area is 152 Å². The largest absolute Gasteiger partial charge is 0.203 e. The Morgan fingerprint density at radius 3 is 1.84 bits per heavy atom. The van der Waals surface area contributed by atoms with E-state index in [0.717, 1.165) is 35.1 Å². The maximum Gasteiger partial charge on any atom is 0.162 e. The third-order valence-electron chi connectivity index (χ3n) is 4.52. The fourth-order valence-corrected chi connectivity index (χ4v) is 3.26. The molecule has 2 heteroatoms. The summed E-state index contributed by atoms with van der Waals surface area (Å²) in [7, 11) is 0. The number of halogens is 2. The number of hydrogen-bond donors (Lipinski definition) is 0. The van der Waals surface area contributed by atoms with Crippen LogP contribution in [0.25, 0.3) is 0 Å². The Kier molecular flexibility index (Phi) is 8.28. The van der Waals surface area contributed by atoms with Crippen molar-refractivity contribution in [2.75, 3.05) is 0 Å². The zero-order valence-corrected chi connectivity index (χ0v) is 16.4.